The molecule has 0 aliphatic carbocycles. The Labute approximate surface area is 63.7 Å². The molecule has 0 spiro atoms. The monoisotopic (exact) mass is 162 g/mol. The van der Waals surface area contributed by atoms with Crippen molar-refractivity contribution in [1.82, 2.24) is 5.48 Å². The van der Waals surface area contributed by atoms with Crippen LogP contribution in [0.2, 0.25) is 0 Å². The van der Waals surface area contributed by atoms with E-state index >= 15 is 0 Å². The molecular formula is C5H10N2O4. The first-order valence-corrected chi connectivity index (χ1v) is 2.93. The average Bonchev–Trinajstić information content (AvgIpc) is 1.79. The Morgan fingerprint density at radius 2 is 2.00 bits per heavy atom. The molecule has 0 aliphatic heterocycles. The third kappa shape index (κ3) is 6.56. The summed E-state index contributed by atoms with van der Waals surface area (Å²) in [6.07, 6.45) is -0.850. The van der Waals surface area contributed by atoms with Crippen LogP contribution in [-0.4, -0.2) is 11.7 Å². The summed E-state index contributed by atoms with van der Waals surface area (Å²) in [7, 11) is 0. The maximum absolute atomic E-state index is 10.6. The highest BCUT2D eigenvalue weighted by Crippen LogP contribution is 2.05. The quantitative estimate of drug-likeness (QED) is 0.487. The highest BCUT2D eigenvalue weighted by molar-refractivity contribution is 5.66. The number of amides is 1. The summed E-state index contributed by atoms with van der Waals surface area (Å²) < 4.78 is 4.67. The smallest absolute Gasteiger partial charge is 0.442 e. The van der Waals surface area contributed by atoms with Gasteiger partial charge in [-0.05, 0) is 20.8 Å². The first-order valence-electron chi connectivity index (χ1n) is 2.93. The Bertz CT molecular complexity index is 151. The lowest BCUT2D eigenvalue weighted by Gasteiger charge is -2.18. The number of hydroxylamine groups is 1. The SMILES string of the molecule is CC(C)(C)OC(=O)NON=O. The molecule has 0 aromatic heterocycles. The average molecular weight is 162 g/mol. The molecule has 0 unspecified atom stereocenters. The van der Waals surface area contributed by atoms with E-state index in [2.05, 4.69) is 9.68 Å². The number of hydrogen-bond donors (Lipinski definition) is 1. The van der Waals surface area contributed by atoms with Crippen molar-refractivity contribution in [2.45, 2.75) is 26.4 Å². The third-order valence-electron chi connectivity index (χ3n) is 0.565. The highest BCUT2D eigenvalue weighted by atomic mass is 16.9. The number of nitrogens with zero attached hydrogens (tertiary/aromatic N) is 1. The van der Waals surface area contributed by atoms with Crippen molar-refractivity contribution in [2.75, 3.05) is 0 Å². The predicted octanol–water partition coefficient (Wildman–Crippen LogP) is 1.12. The van der Waals surface area contributed by atoms with E-state index in [1.54, 1.807) is 26.3 Å². The number of hydrogen-bond acceptors (Lipinski definition) is 5. The van der Waals surface area contributed by atoms with Crippen LogP contribution in [0.1, 0.15) is 20.8 Å². The molecule has 0 rings (SSSR count). The van der Waals surface area contributed by atoms with Crippen LogP contribution in [0, 0.1) is 4.91 Å². The van der Waals surface area contributed by atoms with Gasteiger partial charge in [0, 0.05) is 0 Å². The first kappa shape index (κ1) is 9.67. The van der Waals surface area contributed by atoms with E-state index in [0.717, 1.165) is 0 Å². The van der Waals surface area contributed by atoms with Gasteiger partial charge >= 0.3 is 6.09 Å². The Kier molecular flexibility index (Phi) is 3.29. The molecule has 1 amide bonds. The molecule has 0 aromatic rings. The van der Waals surface area contributed by atoms with E-state index in [0.29, 0.717) is 0 Å². The summed E-state index contributed by atoms with van der Waals surface area (Å²) >= 11 is 0. The number of ether oxygens (including phenoxy) is 1. The lowest BCUT2D eigenvalue weighted by molar-refractivity contribution is -0.00744. The molecule has 6 heteroatoms. The molecule has 0 atom stereocenters. The fourth-order valence-corrected chi connectivity index (χ4v) is 0.355. The zero-order valence-corrected chi connectivity index (χ0v) is 6.58. The largest absolute Gasteiger partial charge is 0.443 e. The number of carbonyl (C=O) groups is 1. The van der Waals surface area contributed by atoms with Crippen LogP contribution in [0.15, 0.2) is 5.34 Å². The van der Waals surface area contributed by atoms with E-state index < -0.39 is 11.7 Å². The van der Waals surface area contributed by atoms with Gasteiger partial charge in [-0.15, -0.1) is 10.4 Å². The van der Waals surface area contributed by atoms with Gasteiger partial charge in [-0.1, -0.05) is 0 Å². The molecule has 0 heterocycles. The highest BCUT2D eigenvalue weighted by Gasteiger charge is 2.16. The molecule has 0 saturated carbocycles. The minimum Gasteiger partial charge on any atom is -0.442 e. The fraction of sp³-hybridized carbons (Fsp3) is 0.800. The van der Waals surface area contributed by atoms with Crippen molar-refractivity contribution in [3.63, 3.8) is 0 Å². The molecule has 0 radical (unpaired) electrons. The zero-order chi connectivity index (χ0) is 8.91. The molecule has 0 saturated heterocycles. The molecule has 64 valence electrons. The normalized spacial score (nSPS) is 10.1. The summed E-state index contributed by atoms with van der Waals surface area (Å²) in [4.78, 5) is 23.6. The van der Waals surface area contributed by atoms with Crippen molar-refractivity contribution in [3.8, 4) is 0 Å². The van der Waals surface area contributed by atoms with Crippen LogP contribution in [0.25, 0.3) is 0 Å². The van der Waals surface area contributed by atoms with Crippen molar-refractivity contribution < 1.29 is 14.5 Å². The van der Waals surface area contributed by atoms with Crippen molar-refractivity contribution in [3.05, 3.63) is 4.91 Å². The van der Waals surface area contributed by atoms with Crippen LogP contribution in [0.4, 0.5) is 4.79 Å². The Morgan fingerprint density at radius 1 is 1.45 bits per heavy atom. The lowest BCUT2D eigenvalue weighted by atomic mass is 10.2. The van der Waals surface area contributed by atoms with Gasteiger partial charge in [0.25, 0.3) is 0 Å². The minimum absolute atomic E-state index is 0.615. The molecule has 0 aromatic carbocycles. The fourth-order valence-electron chi connectivity index (χ4n) is 0.355. The zero-order valence-electron chi connectivity index (χ0n) is 6.58. The molecule has 0 bridgehead atoms. The third-order valence-corrected chi connectivity index (χ3v) is 0.565. The predicted molar refractivity (Wildman–Crippen MR) is 36.2 cm³/mol. The standard InChI is InChI=1S/C5H10N2O4/c1-5(2,3)10-4(8)6-11-7-9/h1-3H3,(H,6,8). The van der Waals surface area contributed by atoms with Crippen LogP contribution >= 0.6 is 0 Å². The minimum atomic E-state index is -0.850. The second-order valence-corrected chi connectivity index (χ2v) is 2.77. The van der Waals surface area contributed by atoms with E-state index in [9.17, 15) is 9.70 Å². The van der Waals surface area contributed by atoms with Gasteiger partial charge in [0.05, 0.1) is 0 Å². The van der Waals surface area contributed by atoms with Gasteiger partial charge in [-0.3, -0.25) is 0 Å². The Balaban J connectivity index is 3.61. The van der Waals surface area contributed by atoms with Crippen molar-refractivity contribution in [1.29, 1.82) is 0 Å². The summed E-state index contributed by atoms with van der Waals surface area (Å²) in [6, 6.07) is 0. The second-order valence-electron chi connectivity index (χ2n) is 2.77. The first-order chi connectivity index (χ1) is 4.95. The number of rotatable bonds is 2. The van der Waals surface area contributed by atoms with Crippen molar-refractivity contribution in [2.24, 2.45) is 5.34 Å². The summed E-state index contributed by atoms with van der Waals surface area (Å²) in [5, 5.41) is 1.94. The molecule has 0 aliphatic rings. The molecule has 0 fully saturated rings. The topological polar surface area (TPSA) is 77.0 Å². The van der Waals surface area contributed by atoms with Gasteiger partial charge in [-0.2, -0.15) is 0 Å². The van der Waals surface area contributed by atoms with E-state index in [1.807, 2.05) is 5.34 Å². The van der Waals surface area contributed by atoms with Crippen LogP contribution < -0.4 is 5.48 Å². The van der Waals surface area contributed by atoms with Crippen LogP contribution in [0.3, 0.4) is 0 Å². The number of carbonyl (C=O) groups excluding carboxylic acids is 1. The van der Waals surface area contributed by atoms with E-state index in [-0.39, 0.29) is 0 Å². The molecule has 1 N–H and O–H groups in total. The molecule has 11 heavy (non-hydrogen) atoms. The van der Waals surface area contributed by atoms with Gasteiger partial charge in [0.2, 0.25) is 0 Å². The molecular weight excluding hydrogens is 152 g/mol. The number of nitrogens with one attached hydrogen (secondary N) is 1. The summed E-state index contributed by atoms with van der Waals surface area (Å²) in [5.74, 6) is 0. The second kappa shape index (κ2) is 3.75. The van der Waals surface area contributed by atoms with Gasteiger partial charge in [0.15, 0.2) is 5.34 Å². The maximum atomic E-state index is 10.6. The van der Waals surface area contributed by atoms with Crippen LogP contribution in [-0.2, 0) is 9.68 Å². The van der Waals surface area contributed by atoms with E-state index in [1.165, 1.54) is 0 Å². The maximum Gasteiger partial charge on any atom is 0.443 e. The van der Waals surface area contributed by atoms with E-state index in [4.69, 9.17) is 0 Å². The Hall–Kier alpha value is -1.33. The van der Waals surface area contributed by atoms with Gasteiger partial charge in [-0.25, -0.2) is 9.73 Å². The van der Waals surface area contributed by atoms with Crippen molar-refractivity contribution >= 4 is 6.09 Å². The van der Waals surface area contributed by atoms with Gasteiger partial charge in [0.1, 0.15) is 5.60 Å². The summed E-state index contributed by atoms with van der Waals surface area (Å²) in [6.45, 7) is 5.04. The van der Waals surface area contributed by atoms with Crippen LogP contribution in [0.5, 0.6) is 0 Å². The molecule has 6 nitrogen and oxygen atoms in total. The lowest BCUT2D eigenvalue weighted by Crippen LogP contribution is -2.31. The Morgan fingerprint density at radius 3 is 2.36 bits per heavy atom. The van der Waals surface area contributed by atoms with Gasteiger partial charge < -0.3 is 4.74 Å². The summed E-state index contributed by atoms with van der Waals surface area (Å²) in [5.41, 5.74) is 1.03.